The van der Waals surface area contributed by atoms with Gasteiger partial charge < -0.3 is 15.0 Å². The van der Waals surface area contributed by atoms with Crippen LogP contribution in [0.4, 0.5) is 4.39 Å². The maximum atomic E-state index is 13.0. The van der Waals surface area contributed by atoms with E-state index < -0.39 is 7.25 Å². The van der Waals surface area contributed by atoms with E-state index in [9.17, 15) is 4.39 Å². The third-order valence-electron chi connectivity index (χ3n) is 2.20. The quantitative estimate of drug-likeness (QED) is 0.753. The topological polar surface area (TPSA) is 44.5 Å². The molecule has 5 heteroatoms. The van der Waals surface area contributed by atoms with Gasteiger partial charge in [0, 0.05) is 6.61 Å². The molecule has 0 aromatic heterocycles. The molecule has 0 atom stereocenters. The second-order valence-corrected chi connectivity index (χ2v) is 3.62. The molecule has 0 fully saturated rings. The molecule has 0 radical (unpaired) electrons. The molecule has 1 rings (SSSR count). The monoisotopic (exact) mass is 225 g/mol. The van der Waals surface area contributed by atoms with E-state index in [4.69, 9.17) is 15.0 Å². The minimum Gasteiger partial charge on any atom is -0.397 e. The van der Waals surface area contributed by atoms with Gasteiger partial charge in [-0.15, -0.1) is 0 Å². The number of benzene rings is 1. The second kappa shape index (κ2) is 6.63. The third-order valence-corrected chi connectivity index (χ3v) is 2.20. The van der Waals surface area contributed by atoms with Crippen molar-refractivity contribution >= 4 is 7.25 Å². The van der Waals surface area contributed by atoms with Gasteiger partial charge in [0.1, 0.15) is 5.82 Å². The van der Waals surface area contributed by atoms with Gasteiger partial charge in [0.2, 0.25) is 0 Å². The van der Waals surface area contributed by atoms with Gasteiger partial charge in [0.05, 0.1) is 6.61 Å². The zero-order chi connectivity index (χ0) is 12.0. The fourth-order valence-corrected chi connectivity index (χ4v) is 1.25. The highest BCUT2D eigenvalue weighted by Crippen LogP contribution is 2.11. The van der Waals surface area contributed by atoms with Crippen LogP contribution in [0, 0.1) is 12.7 Å². The van der Waals surface area contributed by atoms with Crippen molar-refractivity contribution < 1.29 is 13.7 Å². The molecule has 0 amide bonds. The van der Waals surface area contributed by atoms with Crippen molar-refractivity contribution in [3.8, 4) is 0 Å². The van der Waals surface area contributed by atoms with Crippen molar-refractivity contribution in [1.29, 1.82) is 0 Å². The lowest BCUT2D eigenvalue weighted by molar-refractivity contribution is 0.189. The first-order valence-electron chi connectivity index (χ1n) is 5.37. The molecule has 0 saturated heterocycles. The maximum Gasteiger partial charge on any atom is 0.552 e. The van der Waals surface area contributed by atoms with Gasteiger partial charge in [-0.25, -0.2) is 4.39 Å². The molecule has 0 bridgehead atoms. The highest BCUT2D eigenvalue weighted by Gasteiger charge is 2.12. The average Bonchev–Trinajstić information content (AvgIpc) is 2.27. The van der Waals surface area contributed by atoms with Crippen molar-refractivity contribution in [3.05, 3.63) is 35.1 Å². The van der Waals surface area contributed by atoms with Crippen LogP contribution in [0.25, 0.3) is 0 Å². The molecule has 0 aliphatic heterocycles. The molecular formula is C11H17BFNO2. The predicted molar refractivity (Wildman–Crippen MR) is 62.1 cm³/mol. The van der Waals surface area contributed by atoms with Crippen molar-refractivity contribution in [3.63, 3.8) is 0 Å². The first-order chi connectivity index (χ1) is 7.63. The highest BCUT2D eigenvalue weighted by atomic mass is 19.1. The van der Waals surface area contributed by atoms with Crippen molar-refractivity contribution in [2.45, 2.75) is 26.9 Å². The van der Waals surface area contributed by atoms with Gasteiger partial charge in [-0.2, -0.15) is 0 Å². The Labute approximate surface area is 95.9 Å². The molecule has 0 aliphatic rings. The molecule has 88 valence electrons. The summed E-state index contributed by atoms with van der Waals surface area (Å²) in [5, 5.41) is 0. The van der Waals surface area contributed by atoms with Crippen LogP contribution in [0.15, 0.2) is 18.2 Å². The van der Waals surface area contributed by atoms with Crippen LogP contribution >= 0.6 is 0 Å². The van der Waals surface area contributed by atoms with E-state index in [2.05, 4.69) is 0 Å². The Morgan fingerprint density at radius 3 is 2.81 bits per heavy atom. The van der Waals surface area contributed by atoms with E-state index in [0.29, 0.717) is 6.61 Å². The molecule has 0 saturated carbocycles. The molecule has 0 unspecified atom stereocenters. The molecule has 3 nitrogen and oxygen atoms in total. The van der Waals surface area contributed by atoms with Crippen molar-refractivity contribution in [1.82, 2.24) is 0 Å². The minimum absolute atomic E-state index is 0.258. The van der Waals surface area contributed by atoms with E-state index in [-0.39, 0.29) is 12.4 Å². The van der Waals surface area contributed by atoms with Gasteiger partial charge in [-0.05, 0) is 36.6 Å². The molecule has 2 N–H and O–H groups in total. The van der Waals surface area contributed by atoms with Crippen molar-refractivity contribution in [2.75, 3.05) is 6.61 Å². The van der Waals surface area contributed by atoms with E-state index in [1.807, 2.05) is 13.8 Å². The standard InChI is InChI=1S/C11H17BFNO2/c1-3-6-15-12(14)16-8-10-7-11(13)5-4-9(10)2/h4-5,7H,3,6,8,14H2,1-2H3. The molecule has 0 heterocycles. The van der Waals surface area contributed by atoms with Crippen LogP contribution in [0.3, 0.4) is 0 Å². The lowest BCUT2D eigenvalue weighted by Gasteiger charge is -2.11. The summed E-state index contributed by atoms with van der Waals surface area (Å²) in [4.78, 5) is 0. The van der Waals surface area contributed by atoms with Gasteiger partial charge in [-0.1, -0.05) is 13.0 Å². The molecular weight excluding hydrogens is 208 g/mol. The zero-order valence-electron chi connectivity index (χ0n) is 9.70. The molecule has 1 aromatic carbocycles. The maximum absolute atomic E-state index is 13.0. The van der Waals surface area contributed by atoms with Crippen LogP contribution in [-0.4, -0.2) is 13.9 Å². The lowest BCUT2D eigenvalue weighted by atomic mass is 10.1. The minimum atomic E-state index is -0.748. The summed E-state index contributed by atoms with van der Waals surface area (Å²) in [6.07, 6.45) is 0.885. The molecule has 1 aromatic rings. The fourth-order valence-electron chi connectivity index (χ4n) is 1.25. The van der Waals surface area contributed by atoms with Gasteiger partial charge in [0.15, 0.2) is 0 Å². The summed E-state index contributed by atoms with van der Waals surface area (Å²) in [7, 11) is -0.748. The summed E-state index contributed by atoms with van der Waals surface area (Å²) in [5.74, 6) is -0.271. The SMILES string of the molecule is CCCOB(N)OCc1cc(F)ccc1C. The normalized spacial score (nSPS) is 10.5. The Hall–Kier alpha value is -0.905. The zero-order valence-corrected chi connectivity index (χ0v) is 9.70. The number of nitrogens with two attached hydrogens (primary N) is 1. The molecule has 0 aliphatic carbocycles. The Bertz CT molecular complexity index is 336. The average molecular weight is 225 g/mol. The number of hydrogen-bond acceptors (Lipinski definition) is 3. The summed E-state index contributed by atoms with van der Waals surface area (Å²) >= 11 is 0. The molecule has 16 heavy (non-hydrogen) atoms. The predicted octanol–water partition coefficient (Wildman–Crippen LogP) is 2.02. The Balaban J connectivity index is 2.44. The van der Waals surface area contributed by atoms with Crippen LogP contribution in [0.5, 0.6) is 0 Å². The second-order valence-electron chi connectivity index (χ2n) is 3.62. The Morgan fingerprint density at radius 1 is 1.38 bits per heavy atom. The summed E-state index contributed by atoms with van der Waals surface area (Å²) in [5.41, 5.74) is 7.32. The Kier molecular flexibility index (Phi) is 5.45. The van der Waals surface area contributed by atoms with Gasteiger partial charge in [0.25, 0.3) is 0 Å². The summed E-state index contributed by atoms with van der Waals surface area (Å²) < 4.78 is 23.4. The van der Waals surface area contributed by atoms with E-state index in [1.165, 1.54) is 12.1 Å². The highest BCUT2D eigenvalue weighted by molar-refractivity contribution is 6.40. The lowest BCUT2D eigenvalue weighted by Crippen LogP contribution is -2.33. The van der Waals surface area contributed by atoms with Crippen LogP contribution in [0.2, 0.25) is 0 Å². The first kappa shape index (κ1) is 13.2. The third kappa shape index (κ3) is 4.30. The molecule has 0 spiro atoms. The largest absolute Gasteiger partial charge is 0.552 e. The van der Waals surface area contributed by atoms with Crippen LogP contribution < -0.4 is 5.64 Å². The van der Waals surface area contributed by atoms with E-state index in [1.54, 1.807) is 6.07 Å². The van der Waals surface area contributed by atoms with Crippen LogP contribution in [0.1, 0.15) is 24.5 Å². The Morgan fingerprint density at radius 2 is 2.12 bits per heavy atom. The number of rotatable bonds is 6. The number of aryl methyl sites for hydroxylation is 1. The van der Waals surface area contributed by atoms with E-state index in [0.717, 1.165) is 17.5 Å². The first-order valence-corrected chi connectivity index (χ1v) is 5.37. The summed E-state index contributed by atoms with van der Waals surface area (Å²) in [6.45, 7) is 4.71. The smallest absolute Gasteiger partial charge is 0.397 e. The van der Waals surface area contributed by atoms with Gasteiger partial charge >= 0.3 is 7.25 Å². The van der Waals surface area contributed by atoms with Crippen molar-refractivity contribution in [2.24, 2.45) is 5.64 Å². The summed E-state index contributed by atoms with van der Waals surface area (Å²) in [6, 6.07) is 4.58. The van der Waals surface area contributed by atoms with Crippen LogP contribution in [-0.2, 0) is 15.9 Å². The number of halogens is 1. The van der Waals surface area contributed by atoms with E-state index >= 15 is 0 Å². The fraction of sp³-hybridized carbons (Fsp3) is 0.455. The number of hydrogen-bond donors (Lipinski definition) is 1. The van der Waals surface area contributed by atoms with Gasteiger partial charge in [-0.3, -0.25) is 0 Å².